The zero-order valence-electron chi connectivity index (χ0n) is 16.5. The predicted octanol–water partition coefficient (Wildman–Crippen LogP) is 1.10. The predicted molar refractivity (Wildman–Crippen MR) is 112 cm³/mol. The Morgan fingerprint density at radius 3 is 2.42 bits per heavy atom. The Morgan fingerprint density at radius 1 is 1.15 bits per heavy atom. The number of aromatic carboxylic acids is 1. The molecule has 0 bridgehead atoms. The fraction of sp³-hybridized carbons (Fsp3) is 0.118. The minimum Gasteiger partial charge on any atom is -0.505 e. The largest absolute Gasteiger partial charge is 0.505 e. The minimum atomic E-state index is -4.93. The fourth-order valence-corrected chi connectivity index (χ4v) is 4.26. The van der Waals surface area contributed by atoms with Gasteiger partial charge in [0.1, 0.15) is 5.56 Å². The third kappa shape index (κ3) is 5.13. The highest BCUT2D eigenvalue weighted by atomic mass is 32.2. The van der Waals surface area contributed by atoms with Crippen LogP contribution < -0.4 is 10.1 Å². The number of anilines is 1. The third-order valence-electron chi connectivity index (χ3n) is 4.26. The van der Waals surface area contributed by atoms with Gasteiger partial charge in [0.2, 0.25) is 0 Å². The lowest BCUT2D eigenvalue weighted by Crippen LogP contribution is -2.25. The van der Waals surface area contributed by atoms with E-state index in [-0.39, 0.29) is 5.69 Å². The van der Waals surface area contributed by atoms with Gasteiger partial charge in [0.25, 0.3) is 26.0 Å². The lowest BCUT2D eigenvalue weighted by Gasteiger charge is -2.13. The van der Waals surface area contributed by atoms with Gasteiger partial charge in [-0.25, -0.2) is 18.6 Å². The van der Waals surface area contributed by atoms with Crippen molar-refractivity contribution < 1.29 is 41.2 Å². The average molecular weight is 497 g/mol. The molecule has 1 amide bonds. The van der Waals surface area contributed by atoms with Gasteiger partial charge >= 0.3 is 5.97 Å². The number of sulfonamides is 1. The molecule has 2 aromatic rings. The molecule has 16 heteroatoms. The average Bonchev–Trinajstić information content (AvgIpc) is 3.04. The maximum atomic E-state index is 12.8. The van der Waals surface area contributed by atoms with Crippen LogP contribution >= 0.6 is 0 Å². The van der Waals surface area contributed by atoms with Crippen molar-refractivity contribution >= 4 is 49.1 Å². The molecule has 3 rings (SSSR count). The zero-order chi connectivity index (χ0) is 24.6. The van der Waals surface area contributed by atoms with Gasteiger partial charge in [-0.05, 0) is 37.3 Å². The van der Waals surface area contributed by atoms with Gasteiger partial charge in [-0.1, -0.05) is 6.07 Å². The van der Waals surface area contributed by atoms with Gasteiger partial charge in [-0.15, -0.1) is 0 Å². The van der Waals surface area contributed by atoms with Crippen LogP contribution in [-0.2, 0) is 24.9 Å². The first-order valence-electron chi connectivity index (χ1n) is 8.75. The number of nitrogens with zero attached hydrogens (tertiary/aromatic N) is 3. The minimum absolute atomic E-state index is 0.0347. The zero-order valence-corrected chi connectivity index (χ0v) is 18.1. The van der Waals surface area contributed by atoms with Crippen molar-refractivity contribution in [1.29, 1.82) is 0 Å². The number of amides is 1. The van der Waals surface area contributed by atoms with Gasteiger partial charge in [0.05, 0.1) is 26.9 Å². The van der Waals surface area contributed by atoms with Gasteiger partial charge < -0.3 is 10.2 Å². The quantitative estimate of drug-likeness (QED) is 0.209. The second-order valence-electron chi connectivity index (χ2n) is 6.60. The van der Waals surface area contributed by atoms with E-state index in [9.17, 15) is 36.1 Å². The van der Waals surface area contributed by atoms with E-state index in [0.29, 0.717) is 17.8 Å². The van der Waals surface area contributed by atoms with Crippen molar-refractivity contribution in [3.63, 3.8) is 0 Å². The van der Waals surface area contributed by atoms with Crippen molar-refractivity contribution in [3.8, 4) is 5.75 Å². The van der Waals surface area contributed by atoms with Crippen LogP contribution in [0.1, 0.15) is 17.3 Å². The van der Waals surface area contributed by atoms with Crippen molar-refractivity contribution in [2.45, 2.75) is 22.8 Å². The lowest BCUT2D eigenvalue weighted by atomic mass is 10.2. The Bertz CT molecular complexity index is 1430. The lowest BCUT2D eigenvalue weighted by molar-refractivity contribution is -0.120. The number of benzene rings is 2. The summed E-state index contributed by atoms with van der Waals surface area (Å²) < 4.78 is 59.5. The van der Waals surface area contributed by atoms with E-state index >= 15 is 0 Å². The summed E-state index contributed by atoms with van der Waals surface area (Å²) in [6.45, 7) is 1.55. The molecular weight excluding hydrogens is 482 g/mol. The number of hydrogen-bond acceptors (Lipinski definition) is 10. The van der Waals surface area contributed by atoms with Gasteiger partial charge in [-0.2, -0.15) is 23.7 Å². The van der Waals surface area contributed by atoms with Gasteiger partial charge in [-0.3, -0.25) is 14.1 Å². The molecule has 1 aliphatic heterocycles. The Labute approximate surface area is 186 Å². The Morgan fingerprint density at radius 2 is 1.85 bits per heavy atom. The van der Waals surface area contributed by atoms with Crippen LogP contribution in [0.4, 0.5) is 11.4 Å². The molecule has 0 saturated heterocycles. The Kier molecular flexibility index (Phi) is 6.17. The van der Waals surface area contributed by atoms with Gasteiger partial charge in [0.15, 0.2) is 11.8 Å². The van der Waals surface area contributed by atoms with Crippen LogP contribution in [0.15, 0.2) is 61.5 Å². The number of carbonyl (C=O) groups excluding carboxylic acids is 1. The van der Waals surface area contributed by atoms with Gasteiger partial charge in [0, 0.05) is 0 Å². The Balaban J connectivity index is 1.97. The summed E-state index contributed by atoms with van der Waals surface area (Å²) in [5.74, 6) is -3.35. The highest BCUT2D eigenvalue weighted by Crippen LogP contribution is 2.33. The van der Waals surface area contributed by atoms with Crippen LogP contribution in [0, 0.1) is 0 Å². The Hall–Kier alpha value is -3.89. The molecule has 0 spiro atoms. The van der Waals surface area contributed by atoms with E-state index < -0.39 is 64.9 Å². The molecule has 174 valence electrons. The summed E-state index contributed by atoms with van der Waals surface area (Å²) in [4.78, 5) is 21.6. The van der Waals surface area contributed by atoms with Crippen molar-refractivity contribution in [1.82, 2.24) is 5.43 Å². The molecule has 33 heavy (non-hydrogen) atoms. The highest BCUT2D eigenvalue weighted by molar-refractivity contribution is 7.92. The molecule has 0 aliphatic carbocycles. The molecule has 14 nitrogen and oxygen atoms in total. The fourth-order valence-electron chi connectivity index (χ4n) is 2.63. The number of azo groups is 1. The van der Waals surface area contributed by atoms with E-state index in [1.165, 1.54) is 12.1 Å². The summed E-state index contributed by atoms with van der Waals surface area (Å²) >= 11 is 0. The van der Waals surface area contributed by atoms with Crippen LogP contribution in [0.5, 0.6) is 5.75 Å². The molecular formula is C17H15N5O9S2. The molecule has 1 heterocycles. The van der Waals surface area contributed by atoms with E-state index in [1.54, 1.807) is 6.92 Å². The molecule has 1 atom stereocenters. The summed E-state index contributed by atoms with van der Waals surface area (Å²) in [6, 6.07) is 4.94. The van der Waals surface area contributed by atoms with E-state index in [1.807, 2.05) is 4.72 Å². The molecule has 1 aliphatic rings. The smallest absolute Gasteiger partial charge is 0.339 e. The molecule has 2 aromatic carbocycles. The monoisotopic (exact) mass is 497 g/mol. The summed E-state index contributed by atoms with van der Waals surface area (Å²) in [5, 5.41) is 30.6. The highest BCUT2D eigenvalue weighted by Gasteiger charge is 2.27. The molecule has 1 unspecified atom stereocenters. The van der Waals surface area contributed by atoms with Crippen LogP contribution in [0.3, 0.4) is 0 Å². The van der Waals surface area contributed by atoms with Crippen LogP contribution in [-0.4, -0.2) is 55.2 Å². The normalized spacial score (nSPS) is 16.5. The number of phenols is 1. The summed E-state index contributed by atoms with van der Waals surface area (Å²) in [5.41, 5.74) is 0.846. The first-order chi connectivity index (χ1) is 15.3. The number of carboxylic acids is 1. The van der Waals surface area contributed by atoms with E-state index in [2.05, 4.69) is 20.8 Å². The molecule has 5 N–H and O–H groups in total. The van der Waals surface area contributed by atoms with Crippen LogP contribution in [0.25, 0.3) is 0 Å². The number of hydrogen-bond donors (Lipinski definition) is 5. The number of hydrazone groups is 1. The van der Waals surface area contributed by atoms with Crippen LogP contribution in [0.2, 0.25) is 0 Å². The van der Waals surface area contributed by atoms with Crippen molar-refractivity contribution in [2.75, 3.05) is 4.72 Å². The van der Waals surface area contributed by atoms with Crippen molar-refractivity contribution in [3.05, 3.63) is 42.0 Å². The molecule has 0 aromatic heterocycles. The standard InChI is InChI=1S/C17H15N5O9S2/c1-8-14(16(24)21-18-8)20-19-9-3-2-4-10(5-9)32(27,28)22-13-7-11(33(29,30)31)6-12(15(13)23)17(25)26/h2-7,14,22-23H,1H3,(H,21,24)(H,25,26)(H,29,30,31). The van der Waals surface area contributed by atoms with E-state index in [4.69, 9.17) is 5.11 Å². The number of nitrogens with one attached hydrogen (secondary N) is 2. The molecule has 0 radical (unpaired) electrons. The summed E-state index contributed by atoms with van der Waals surface area (Å²) in [7, 11) is -9.43. The molecule has 0 saturated carbocycles. The third-order valence-corrected chi connectivity index (χ3v) is 6.45. The molecule has 0 fully saturated rings. The number of rotatable bonds is 7. The first-order valence-corrected chi connectivity index (χ1v) is 11.7. The first kappa shape index (κ1) is 23.8. The summed E-state index contributed by atoms with van der Waals surface area (Å²) in [6.07, 6.45) is 0. The second-order valence-corrected chi connectivity index (χ2v) is 9.70. The topological polar surface area (TPSA) is 224 Å². The number of carboxylic acid groups (broad SMARTS) is 1. The SMILES string of the molecule is CC1=NNC(=O)C1N=Nc1cccc(S(=O)(=O)Nc2cc(S(=O)(=O)O)cc(C(=O)O)c2O)c1. The maximum Gasteiger partial charge on any atom is 0.339 e. The maximum absolute atomic E-state index is 12.8. The number of aromatic hydroxyl groups is 1. The van der Waals surface area contributed by atoms with E-state index in [0.717, 1.165) is 12.1 Å². The number of carbonyl (C=O) groups is 2. The van der Waals surface area contributed by atoms with Crippen molar-refractivity contribution in [2.24, 2.45) is 15.3 Å². The second kappa shape index (κ2) is 8.57.